The van der Waals surface area contributed by atoms with Crippen molar-refractivity contribution >= 4 is 17.2 Å². The Balaban J connectivity index is 1.56. The summed E-state index contributed by atoms with van der Waals surface area (Å²) in [5.41, 5.74) is 2.33. The maximum Gasteiger partial charge on any atom is 0.271 e. The van der Waals surface area contributed by atoms with Gasteiger partial charge in [0.1, 0.15) is 28.9 Å². The summed E-state index contributed by atoms with van der Waals surface area (Å²) in [6.07, 6.45) is 0. The summed E-state index contributed by atoms with van der Waals surface area (Å²) in [5, 5.41) is 5.24. The molecule has 0 atom stereocenters. The molecule has 0 spiro atoms. The Morgan fingerprint density at radius 2 is 1.93 bits per heavy atom. The van der Waals surface area contributed by atoms with Gasteiger partial charge in [0.15, 0.2) is 0 Å². The van der Waals surface area contributed by atoms with Crippen LogP contribution in [0.2, 0.25) is 0 Å². The van der Waals surface area contributed by atoms with Crippen LogP contribution < -0.4 is 10.1 Å². The maximum absolute atomic E-state index is 12.9. The third-order valence-corrected chi connectivity index (χ3v) is 4.87. The van der Waals surface area contributed by atoms with Crippen LogP contribution in [0.15, 0.2) is 53.9 Å². The number of amides is 1. The maximum atomic E-state index is 12.9. The summed E-state index contributed by atoms with van der Waals surface area (Å²) in [6, 6.07) is 14.0. The van der Waals surface area contributed by atoms with Gasteiger partial charge in [-0.15, -0.1) is 11.3 Å². The Hall–Kier alpha value is -2.73. The second-order valence-electron chi connectivity index (χ2n) is 6.42. The van der Waals surface area contributed by atoms with Gasteiger partial charge in [0.2, 0.25) is 0 Å². The van der Waals surface area contributed by atoms with Crippen molar-refractivity contribution in [2.45, 2.75) is 32.9 Å². The molecule has 1 aromatic heterocycles. The number of carbonyl (C=O) groups excluding carboxylic acids is 1. The van der Waals surface area contributed by atoms with E-state index in [0.717, 1.165) is 21.9 Å². The highest BCUT2D eigenvalue weighted by Crippen LogP contribution is 2.26. The van der Waals surface area contributed by atoms with Crippen molar-refractivity contribution in [1.29, 1.82) is 0 Å². The van der Waals surface area contributed by atoms with Crippen molar-refractivity contribution in [1.82, 2.24) is 10.3 Å². The van der Waals surface area contributed by atoms with E-state index in [9.17, 15) is 9.18 Å². The lowest BCUT2D eigenvalue weighted by Gasteiger charge is -2.12. The number of ether oxygens (including phenoxy) is 1. The van der Waals surface area contributed by atoms with Gasteiger partial charge < -0.3 is 10.1 Å². The SMILES string of the molecule is CC(C)c1ccccc1OCc1nc(C(=O)NCc2ccc(F)cc2)cs1. The highest BCUT2D eigenvalue weighted by molar-refractivity contribution is 7.09. The third kappa shape index (κ3) is 5.14. The smallest absolute Gasteiger partial charge is 0.271 e. The first-order valence-corrected chi connectivity index (χ1v) is 9.59. The second kappa shape index (κ2) is 8.77. The van der Waals surface area contributed by atoms with E-state index in [4.69, 9.17) is 4.74 Å². The summed E-state index contributed by atoms with van der Waals surface area (Å²) in [7, 11) is 0. The standard InChI is InChI=1S/C21H21FN2O2S/c1-14(2)17-5-3-4-6-19(17)26-12-20-24-18(13-27-20)21(25)23-11-15-7-9-16(22)10-8-15/h3-10,13-14H,11-12H2,1-2H3,(H,23,25). The van der Waals surface area contributed by atoms with Gasteiger partial charge in [-0.25, -0.2) is 9.37 Å². The Morgan fingerprint density at radius 1 is 1.19 bits per heavy atom. The monoisotopic (exact) mass is 384 g/mol. The van der Waals surface area contributed by atoms with Crippen LogP contribution in [0.3, 0.4) is 0 Å². The molecule has 0 fully saturated rings. The number of hydrogen-bond acceptors (Lipinski definition) is 4. The van der Waals surface area contributed by atoms with Crippen LogP contribution in [-0.2, 0) is 13.2 Å². The zero-order chi connectivity index (χ0) is 19.2. The Labute approximate surface area is 162 Å². The Morgan fingerprint density at radius 3 is 2.67 bits per heavy atom. The van der Waals surface area contributed by atoms with Crippen LogP contribution in [0.25, 0.3) is 0 Å². The molecular weight excluding hydrogens is 363 g/mol. The molecule has 1 N–H and O–H groups in total. The topological polar surface area (TPSA) is 51.2 Å². The van der Waals surface area contributed by atoms with Crippen molar-refractivity contribution in [3.05, 3.63) is 81.6 Å². The normalized spacial score (nSPS) is 10.8. The summed E-state index contributed by atoms with van der Waals surface area (Å²) < 4.78 is 18.8. The predicted octanol–water partition coefficient (Wildman–Crippen LogP) is 4.91. The molecule has 0 aliphatic rings. The molecule has 0 bridgehead atoms. The minimum absolute atomic E-state index is 0.260. The lowest BCUT2D eigenvalue weighted by molar-refractivity contribution is 0.0946. The van der Waals surface area contributed by atoms with Gasteiger partial charge >= 0.3 is 0 Å². The van der Waals surface area contributed by atoms with Crippen molar-refractivity contribution < 1.29 is 13.9 Å². The zero-order valence-corrected chi connectivity index (χ0v) is 16.1. The minimum atomic E-state index is -0.298. The molecule has 0 saturated heterocycles. The van der Waals surface area contributed by atoms with Gasteiger partial charge in [0.05, 0.1) is 0 Å². The molecule has 0 saturated carbocycles. The van der Waals surface area contributed by atoms with Crippen LogP contribution >= 0.6 is 11.3 Å². The summed E-state index contributed by atoms with van der Waals surface area (Å²) in [4.78, 5) is 16.6. The molecule has 6 heteroatoms. The van der Waals surface area contributed by atoms with Crippen molar-refractivity contribution in [2.24, 2.45) is 0 Å². The van der Waals surface area contributed by atoms with Gasteiger partial charge in [0.25, 0.3) is 5.91 Å². The number of halogens is 1. The van der Waals surface area contributed by atoms with E-state index in [1.54, 1.807) is 17.5 Å². The van der Waals surface area contributed by atoms with Gasteiger partial charge in [0, 0.05) is 11.9 Å². The Kier molecular flexibility index (Phi) is 6.19. The summed E-state index contributed by atoms with van der Waals surface area (Å²) in [5.74, 6) is 0.646. The van der Waals surface area contributed by atoms with E-state index < -0.39 is 0 Å². The van der Waals surface area contributed by atoms with Gasteiger partial charge in [-0.1, -0.05) is 44.2 Å². The number of aromatic nitrogens is 1. The Bertz CT molecular complexity index is 907. The number of thiazole rings is 1. The molecule has 27 heavy (non-hydrogen) atoms. The molecule has 1 amide bonds. The van der Waals surface area contributed by atoms with Crippen LogP contribution in [0.4, 0.5) is 4.39 Å². The summed E-state index contributed by atoms with van der Waals surface area (Å²) >= 11 is 1.39. The van der Waals surface area contributed by atoms with Crippen molar-refractivity contribution in [2.75, 3.05) is 0 Å². The predicted molar refractivity (Wildman–Crippen MR) is 105 cm³/mol. The fourth-order valence-electron chi connectivity index (χ4n) is 2.59. The fraction of sp³-hybridized carbons (Fsp3) is 0.238. The first kappa shape index (κ1) is 19.0. The fourth-order valence-corrected chi connectivity index (χ4v) is 3.27. The molecule has 1 heterocycles. The first-order valence-electron chi connectivity index (χ1n) is 8.71. The van der Waals surface area contributed by atoms with E-state index in [1.165, 1.54) is 23.5 Å². The number of hydrogen-bond donors (Lipinski definition) is 1. The molecule has 0 unspecified atom stereocenters. The quantitative estimate of drug-likeness (QED) is 0.629. The van der Waals surface area contributed by atoms with Crippen molar-refractivity contribution in [3.8, 4) is 5.75 Å². The summed E-state index contributed by atoms with van der Waals surface area (Å²) in [6.45, 7) is 4.88. The van der Waals surface area contributed by atoms with E-state index >= 15 is 0 Å². The van der Waals surface area contributed by atoms with Gasteiger partial charge in [-0.3, -0.25) is 4.79 Å². The zero-order valence-electron chi connectivity index (χ0n) is 15.2. The molecule has 0 aliphatic carbocycles. The third-order valence-electron chi connectivity index (χ3n) is 4.04. The highest BCUT2D eigenvalue weighted by atomic mass is 32.1. The molecule has 0 radical (unpaired) electrons. The van der Waals surface area contributed by atoms with E-state index in [0.29, 0.717) is 24.8 Å². The van der Waals surface area contributed by atoms with E-state index in [2.05, 4.69) is 30.2 Å². The lowest BCUT2D eigenvalue weighted by Crippen LogP contribution is -2.23. The lowest BCUT2D eigenvalue weighted by atomic mass is 10.0. The molecular formula is C21H21FN2O2S. The van der Waals surface area contributed by atoms with E-state index in [-0.39, 0.29) is 11.7 Å². The van der Waals surface area contributed by atoms with Gasteiger partial charge in [-0.2, -0.15) is 0 Å². The largest absolute Gasteiger partial charge is 0.486 e. The molecule has 0 aliphatic heterocycles. The number of para-hydroxylation sites is 1. The van der Waals surface area contributed by atoms with Crippen LogP contribution in [0, 0.1) is 5.82 Å². The van der Waals surface area contributed by atoms with Crippen molar-refractivity contribution in [3.63, 3.8) is 0 Å². The van der Waals surface area contributed by atoms with Crippen LogP contribution in [0.1, 0.15) is 46.4 Å². The molecule has 3 rings (SSSR count). The molecule has 2 aromatic carbocycles. The van der Waals surface area contributed by atoms with Crippen LogP contribution in [-0.4, -0.2) is 10.9 Å². The second-order valence-corrected chi connectivity index (χ2v) is 7.36. The molecule has 140 valence electrons. The number of carbonyl (C=O) groups is 1. The minimum Gasteiger partial charge on any atom is -0.486 e. The highest BCUT2D eigenvalue weighted by Gasteiger charge is 2.12. The van der Waals surface area contributed by atoms with Gasteiger partial charge in [-0.05, 0) is 35.2 Å². The van der Waals surface area contributed by atoms with Crippen LogP contribution in [0.5, 0.6) is 5.75 Å². The molecule has 3 aromatic rings. The van der Waals surface area contributed by atoms with E-state index in [1.807, 2.05) is 18.2 Å². The average molecular weight is 384 g/mol. The number of nitrogens with zero attached hydrogens (tertiary/aromatic N) is 1. The first-order chi connectivity index (χ1) is 13.0. The number of rotatable bonds is 7. The number of benzene rings is 2. The average Bonchev–Trinajstić information content (AvgIpc) is 3.15. The molecule has 4 nitrogen and oxygen atoms in total. The number of nitrogens with one attached hydrogen (secondary N) is 1.